The number of rotatable bonds is 4. The van der Waals surface area contributed by atoms with E-state index in [0.29, 0.717) is 11.8 Å². The molecule has 0 bridgehead atoms. The van der Waals surface area contributed by atoms with Gasteiger partial charge in [-0.25, -0.2) is 0 Å². The number of carbonyl (C=O) groups is 1. The standard InChI is InChI=1S/C16H23NOS/c1-3-10(2)12-5-4-6-14-13(12)9-15(19-14)17-16(18)11-7-8-11/h9-12H,3-8H2,1-2H3,(H,17,18)/t10-,12?/m1/s1. The summed E-state index contributed by atoms with van der Waals surface area (Å²) in [7, 11) is 0. The van der Waals surface area contributed by atoms with Crippen molar-refractivity contribution in [3.63, 3.8) is 0 Å². The second kappa shape index (κ2) is 5.28. The lowest BCUT2D eigenvalue weighted by molar-refractivity contribution is -0.117. The molecule has 0 aromatic carbocycles. The van der Waals surface area contributed by atoms with Crippen LogP contribution in [0.1, 0.15) is 62.3 Å². The van der Waals surface area contributed by atoms with Crippen LogP contribution in [-0.2, 0) is 11.2 Å². The van der Waals surface area contributed by atoms with E-state index in [1.54, 1.807) is 0 Å². The van der Waals surface area contributed by atoms with E-state index in [-0.39, 0.29) is 5.91 Å². The smallest absolute Gasteiger partial charge is 0.228 e. The molecule has 3 rings (SSSR count). The molecule has 2 aliphatic carbocycles. The largest absolute Gasteiger partial charge is 0.317 e. The summed E-state index contributed by atoms with van der Waals surface area (Å²) in [6, 6.07) is 2.26. The molecular weight excluding hydrogens is 254 g/mol. The lowest BCUT2D eigenvalue weighted by Crippen LogP contribution is -2.14. The Labute approximate surface area is 119 Å². The summed E-state index contributed by atoms with van der Waals surface area (Å²) in [6.07, 6.45) is 7.21. The summed E-state index contributed by atoms with van der Waals surface area (Å²) in [4.78, 5) is 13.4. The zero-order valence-corrected chi connectivity index (χ0v) is 12.7. The molecular formula is C16H23NOS. The molecule has 0 saturated heterocycles. The number of aryl methyl sites for hydroxylation is 1. The van der Waals surface area contributed by atoms with Gasteiger partial charge in [-0.15, -0.1) is 11.3 Å². The van der Waals surface area contributed by atoms with Crippen molar-refractivity contribution in [1.82, 2.24) is 0 Å². The fourth-order valence-corrected chi connectivity index (χ4v) is 4.27. The molecule has 1 aromatic heterocycles. The van der Waals surface area contributed by atoms with E-state index in [4.69, 9.17) is 0 Å². The Hall–Kier alpha value is -0.830. The first-order valence-electron chi connectivity index (χ1n) is 7.62. The maximum atomic E-state index is 11.9. The van der Waals surface area contributed by atoms with Crippen molar-refractivity contribution in [2.75, 3.05) is 5.32 Å². The summed E-state index contributed by atoms with van der Waals surface area (Å²) in [5.74, 6) is 1.99. The van der Waals surface area contributed by atoms with Gasteiger partial charge in [-0.2, -0.15) is 0 Å². The summed E-state index contributed by atoms with van der Waals surface area (Å²) in [5, 5.41) is 4.20. The number of amides is 1. The van der Waals surface area contributed by atoms with Gasteiger partial charge in [0.1, 0.15) is 0 Å². The molecule has 2 atom stereocenters. The first-order valence-corrected chi connectivity index (χ1v) is 8.44. The van der Waals surface area contributed by atoms with Gasteiger partial charge in [-0.05, 0) is 55.6 Å². The van der Waals surface area contributed by atoms with E-state index in [2.05, 4.69) is 25.2 Å². The van der Waals surface area contributed by atoms with Crippen LogP contribution in [0.4, 0.5) is 5.00 Å². The van der Waals surface area contributed by atoms with Crippen molar-refractivity contribution < 1.29 is 4.79 Å². The quantitative estimate of drug-likeness (QED) is 0.858. The molecule has 1 unspecified atom stereocenters. The molecule has 2 aliphatic rings. The SMILES string of the molecule is CC[C@@H](C)C1CCCc2sc(NC(=O)C3CC3)cc21. The second-order valence-corrected chi connectivity index (χ2v) is 7.27. The van der Waals surface area contributed by atoms with Gasteiger partial charge in [-0.1, -0.05) is 20.3 Å². The average molecular weight is 277 g/mol. The van der Waals surface area contributed by atoms with E-state index in [9.17, 15) is 4.79 Å². The highest BCUT2D eigenvalue weighted by Gasteiger charge is 2.31. The third-order valence-electron chi connectivity index (χ3n) is 4.69. The van der Waals surface area contributed by atoms with Gasteiger partial charge in [-0.3, -0.25) is 4.79 Å². The molecule has 1 N–H and O–H groups in total. The molecule has 19 heavy (non-hydrogen) atoms. The van der Waals surface area contributed by atoms with Crippen LogP contribution in [0.15, 0.2) is 6.07 Å². The highest BCUT2D eigenvalue weighted by atomic mass is 32.1. The van der Waals surface area contributed by atoms with Crippen LogP contribution in [0.25, 0.3) is 0 Å². The zero-order chi connectivity index (χ0) is 13.4. The topological polar surface area (TPSA) is 29.1 Å². The summed E-state index contributed by atoms with van der Waals surface area (Å²) < 4.78 is 0. The predicted octanol–water partition coefficient (Wildman–Crippen LogP) is 4.56. The maximum Gasteiger partial charge on any atom is 0.228 e. The summed E-state index contributed by atoms with van der Waals surface area (Å²) >= 11 is 1.81. The van der Waals surface area contributed by atoms with Crippen molar-refractivity contribution in [2.24, 2.45) is 11.8 Å². The van der Waals surface area contributed by atoms with E-state index < -0.39 is 0 Å². The van der Waals surface area contributed by atoms with Gasteiger partial charge in [0.2, 0.25) is 5.91 Å². The Balaban J connectivity index is 1.78. The maximum absolute atomic E-state index is 11.9. The molecule has 104 valence electrons. The number of hydrogen-bond donors (Lipinski definition) is 1. The molecule has 1 aromatic rings. The van der Waals surface area contributed by atoms with Gasteiger partial charge in [0.05, 0.1) is 5.00 Å². The Morgan fingerprint density at radius 2 is 2.26 bits per heavy atom. The Kier molecular flexibility index (Phi) is 3.66. The van der Waals surface area contributed by atoms with Crippen molar-refractivity contribution in [3.05, 3.63) is 16.5 Å². The highest BCUT2D eigenvalue weighted by Crippen LogP contribution is 2.44. The first kappa shape index (κ1) is 13.2. The number of thiophene rings is 1. The molecule has 2 nitrogen and oxygen atoms in total. The molecule has 0 radical (unpaired) electrons. The third-order valence-corrected chi connectivity index (χ3v) is 5.81. The van der Waals surface area contributed by atoms with Gasteiger partial charge >= 0.3 is 0 Å². The second-order valence-electron chi connectivity index (χ2n) is 6.14. The highest BCUT2D eigenvalue weighted by molar-refractivity contribution is 7.16. The Bertz CT molecular complexity index is 475. The molecule has 1 fully saturated rings. The van der Waals surface area contributed by atoms with Crippen molar-refractivity contribution in [2.45, 2.75) is 58.3 Å². The molecule has 1 heterocycles. The van der Waals surface area contributed by atoms with Crippen LogP contribution in [0, 0.1) is 11.8 Å². The zero-order valence-electron chi connectivity index (χ0n) is 11.9. The van der Waals surface area contributed by atoms with Crippen LogP contribution < -0.4 is 5.32 Å². The Morgan fingerprint density at radius 1 is 1.47 bits per heavy atom. The van der Waals surface area contributed by atoms with Crippen LogP contribution in [0.5, 0.6) is 0 Å². The minimum atomic E-state index is 0.235. The molecule has 0 aliphatic heterocycles. The van der Waals surface area contributed by atoms with Gasteiger partial charge in [0, 0.05) is 10.8 Å². The lowest BCUT2D eigenvalue weighted by Gasteiger charge is -2.27. The Morgan fingerprint density at radius 3 is 2.95 bits per heavy atom. The van der Waals surface area contributed by atoms with Crippen LogP contribution in [0.2, 0.25) is 0 Å². The van der Waals surface area contributed by atoms with Gasteiger partial charge in [0.15, 0.2) is 0 Å². The third kappa shape index (κ3) is 2.71. The lowest BCUT2D eigenvalue weighted by atomic mass is 9.78. The number of fused-ring (bicyclic) bond motifs is 1. The van der Waals surface area contributed by atoms with Crippen molar-refractivity contribution in [3.8, 4) is 0 Å². The van der Waals surface area contributed by atoms with Crippen LogP contribution in [-0.4, -0.2) is 5.91 Å². The minimum Gasteiger partial charge on any atom is -0.317 e. The van der Waals surface area contributed by atoms with Crippen LogP contribution in [0.3, 0.4) is 0 Å². The van der Waals surface area contributed by atoms with Crippen molar-refractivity contribution >= 4 is 22.2 Å². The average Bonchev–Trinajstić information content (AvgIpc) is 3.18. The fraction of sp³-hybridized carbons (Fsp3) is 0.688. The number of anilines is 1. The first-order chi connectivity index (χ1) is 9.19. The van der Waals surface area contributed by atoms with E-state index in [1.165, 1.54) is 36.1 Å². The monoisotopic (exact) mass is 277 g/mol. The number of hydrogen-bond acceptors (Lipinski definition) is 2. The molecule has 1 saturated carbocycles. The van der Waals surface area contributed by atoms with E-state index in [0.717, 1.165) is 23.8 Å². The van der Waals surface area contributed by atoms with Gasteiger partial charge in [0.25, 0.3) is 0 Å². The van der Waals surface area contributed by atoms with E-state index >= 15 is 0 Å². The number of carbonyl (C=O) groups excluding carboxylic acids is 1. The van der Waals surface area contributed by atoms with Crippen molar-refractivity contribution in [1.29, 1.82) is 0 Å². The van der Waals surface area contributed by atoms with Gasteiger partial charge < -0.3 is 5.32 Å². The van der Waals surface area contributed by atoms with Crippen LogP contribution >= 0.6 is 11.3 Å². The molecule has 3 heteroatoms. The minimum absolute atomic E-state index is 0.235. The summed E-state index contributed by atoms with van der Waals surface area (Å²) in [6.45, 7) is 4.64. The summed E-state index contributed by atoms with van der Waals surface area (Å²) in [5.41, 5.74) is 1.52. The fourth-order valence-electron chi connectivity index (χ4n) is 3.10. The normalized spacial score (nSPS) is 23.8. The van der Waals surface area contributed by atoms with E-state index in [1.807, 2.05) is 11.3 Å². The predicted molar refractivity (Wildman–Crippen MR) is 80.8 cm³/mol. The number of nitrogens with one attached hydrogen (secondary N) is 1. The molecule has 0 spiro atoms. The molecule has 1 amide bonds.